The van der Waals surface area contributed by atoms with Crippen LogP contribution in [0.5, 0.6) is 0 Å². The van der Waals surface area contributed by atoms with E-state index in [1.165, 1.54) is 5.56 Å². The minimum Gasteiger partial charge on any atom is -0.374 e. The second-order valence-corrected chi connectivity index (χ2v) is 5.19. The molecule has 1 fully saturated rings. The van der Waals surface area contributed by atoms with Crippen molar-refractivity contribution in [1.82, 2.24) is 4.90 Å². The number of ether oxygens (including phenoxy) is 1. The molecule has 1 heterocycles. The van der Waals surface area contributed by atoms with Crippen LogP contribution in [-0.4, -0.2) is 37.2 Å². The molecule has 0 saturated carbocycles. The van der Waals surface area contributed by atoms with Gasteiger partial charge in [-0.2, -0.15) is 0 Å². The second-order valence-electron chi connectivity index (χ2n) is 4.27. The van der Waals surface area contributed by atoms with Crippen LogP contribution in [0.15, 0.2) is 28.7 Å². The highest BCUT2D eigenvalue weighted by atomic mass is 79.9. The summed E-state index contributed by atoms with van der Waals surface area (Å²) >= 11 is 3.52. The number of halogens is 1. The fourth-order valence-electron chi connectivity index (χ4n) is 2.45. The molecule has 2 atom stereocenters. The lowest BCUT2D eigenvalue weighted by atomic mass is 9.98. The summed E-state index contributed by atoms with van der Waals surface area (Å²) in [6.07, 6.45) is 0.0954. The summed E-state index contributed by atoms with van der Waals surface area (Å²) in [7, 11) is 0. The van der Waals surface area contributed by atoms with Gasteiger partial charge in [0.05, 0.1) is 18.8 Å². The lowest BCUT2D eigenvalue weighted by Gasteiger charge is -2.40. The Morgan fingerprint density at radius 2 is 2.35 bits per heavy atom. The molecule has 17 heavy (non-hydrogen) atoms. The lowest BCUT2D eigenvalue weighted by molar-refractivity contribution is -0.0658. The number of benzene rings is 1. The largest absolute Gasteiger partial charge is 0.374 e. The standard InChI is InChI=1S/C13H19BrN2O/c1-2-16-6-7-17-12(9-15)13(16)10-4-3-5-11(14)8-10/h3-5,8,12-13H,2,6-7,9,15H2,1H3. The maximum Gasteiger partial charge on any atom is 0.0894 e. The first-order valence-corrected chi connectivity index (χ1v) is 6.86. The number of rotatable bonds is 3. The summed E-state index contributed by atoms with van der Waals surface area (Å²) in [6.45, 7) is 5.53. The fraction of sp³-hybridized carbons (Fsp3) is 0.538. The highest BCUT2D eigenvalue weighted by Gasteiger charge is 2.31. The van der Waals surface area contributed by atoms with Crippen LogP contribution in [0.4, 0.5) is 0 Å². The van der Waals surface area contributed by atoms with Crippen molar-refractivity contribution >= 4 is 15.9 Å². The van der Waals surface area contributed by atoms with Crippen LogP contribution < -0.4 is 5.73 Å². The molecule has 3 nitrogen and oxygen atoms in total. The van der Waals surface area contributed by atoms with E-state index in [1.807, 2.05) is 6.07 Å². The third-order valence-electron chi connectivity index (χ3n) is 3.28. The average Bonchev–Trinajstić information content (AvgIpc) is 2.37. The molecule has 2 N–H and O–H groups in total. The number of nitrogens with zero attached hydrogens (tertiary/aromatic N) is 1. The normalized spacial score (nSPS) is 26.1. The third-order valence-corrected chi connectivity index (χ3v) is 3.78. The highest BCUT2D eigenvalue weighted by Crippen LogP contribution is 2.30. The van der Waals surface area contributed by atoms with Crippen molar-refractivity contribution < 1.29 is 4.74 Å². The SMILES string of the molecule is CCN1CCOC(CN)C1c1cccc(Br)c1. The summed E-state index contributed by atoms with van der Waals surface area (Å²) in [5.41, 5.74) is 7.10. The molecular weight excluding hydrogens is 280 g/mol. The molecule has 1 aliphatic heterocycles. The van der Waals surface area contributed by atoms with Gasteiger partial charge in [-0.25, -0.2) is 0 Å². The molecule has 0 spiro atoms. The highest BCUT2D eigenvalue weighted by molar-refractivity contribution is 9.10. The Bertz CT molecular complexity index is 360. The molecule has 94 valence electrons. The van der Waals surface area contributed by atoms with Crippen LogP contribution in [0.3, 0.4) is 0 Å². The number of morpholine rings is 1. The van der Waals surface area contributed by atoms with E-state index in [4.69, 9.17) is 10.5 Å². The molecule has 0 amide bonds. The van der Waals surface area contributed by atoms with Gasteiger partial charge in [0.15, 0.2) is 0 Å². The van der Waals surface area contributed by atoms with E-state index in [0.29, 0.717) is 6.54 Å². The molecule has 0 bridgehead atoms. The summed E-state index contributed by atoms with van der Waals surface area (Å²) in [5.74, 6) is 0. The molecule has 2 rings (SSSR count). The van der Waals surface area contributed by atoms with Gasteiger partial charge in [-0.3, -0.25) is 4.90 Å². The topological polar surface area (TPSA) is 38.5 Å². The van der Waals surface area contributed by atoms with Crippen LogP contribution in [0.1, 0.15) is 18.5 Å². The number of nitrogens with two attached hydrogens (primary N) is 1. The van der Waals surface area contributed by atoms with E-state index in [2.05, 4.69) is 46.0 Å². The van der Waals surface area contributed by atoms with Crippen molar-refractivity contribution in [3.63, 3.8) is 0 Å². The number of hydrogen-bond acceptors (Lipinski definition) is 3. The van der Waals surface area contributed by atoms with E-state index in [0.717, 1.165) is 24.2 Å². The monoisotopic (exact) mass is 298 g/mol. The van der Waals surface area contributed by atoms with Crippen molar-refractivity contribution in [1.29, 1.82) is 0 Å². The zero-order valence-corrected chi connectivity index (χ0v) is 11.7. The zero-order valence-electron chi connectivity index (χ0n) is 10.1. The molecular formula is C13H19BrN2O. The molecule has 0 radical (unpaired) electrons. The minimum absolute atomic E-state index is 0.0954. The molecule has 1 aromatic rings. The van der Waals surface area contributed by atoms with Crippen molar-refractivity contribution in [2.75, 3.05) is 26.2 Å². The lowest BCUT2D eigenvalue weighted by Crippen LogP contribution is -2.48. The van der Waals surface area contributed by atoms with Gasteiger partial charge < -0.3 is 10.5 Å². The number of hydrogen-bond donors (Lipinski definition) is 1. The summed E-state index contributed by atoms with van der Waals surface area (Å²) in [4.78, 5) is 2.43. The Balaban J connectivity index is 2.29. The molecule has 1 aliphatic rings. The van der Waals surface area contributed by atoms with Gasteiger partial charge in [-0.05, 0) is 24.2 Å². The maximum absolute atomic E-state index is 5.82. The molecule has 1 saturated heterocycles. The summed E-state index contributed by atoms with van der Waals surface area (Å²) in [6, 6.07) is 8.69. The van der Waals surface area contributed by atoms with Crippen molar-refractivity contribution in [2.45, 2.75) is 19.1 Å². The van der Waals surface area contributed by atoms with Gasteiger partial charge in [0.2, 0.25) is 0 Å². The average molecular weight is 299 g/mol. The van der Waals surface area contributed by atoms with E-state index in [-0.39, 0.29) is 12.1 Å². The van der Waals surface area contributed by atoms with Gasteiger partial charge in [0.1, 0.15) is 0 Å². The number of likely N-dealkylation sites (N-methyl/N-ethyl adjacent to an activating group) is 1. The quantitative estimate of drug-likeness (QED) is 0.929. The van der Waals surface area contributed by atoms with Crippen LogP contribution in [-0.2, 0) is 4.74 Å². The van der Waals surface area contributed by atoms with E-state index in [1.54, 1.807) is 0 Å². The Morgan fingerprint density at radius 3 is 3.00 bits per heavy atom. The first kappa shape index (κ1) is 13.0. The smallest absolute Gasteiger partial charge is 0.0894 e. The fourth-order valence-corrected chi connectivity index (χ4v) is 2.87. The van der Waals surface area contributed by atoms with Crippen molar-refractivity contribution in [2.24, 2.45) is 5.73 Å². The van der Waals surface area contributed by atoms with E-state index < -0.39 is 0 Å². The van der Waals surface area contributed by atoms with E-state index >= 15 is 0 Å². The Hall–Kier alpha value is -0.420. The third kappa shape index (κ3) is 2.88. The van der Waals surface area contributed by atoms with Crippen LogP contribution in [0.2, 0.25) is 0 Å². The van der Waals surface area contributed by atoms with Crippen molar-refractivity contribution in [3.8, 4) is 0 Å². The Labute approximate surface area is 111 Å². The summed E-state index contributed by atoms with van der Waals surface area (Å²) < 4.78 is 6.89. The van der Waals surface area contributed by atoms with Gasteiger partial charge in [0, 0.05) is 17.6 Å². The Kier molecular flexibility index (Phi) is 4.56. The van der Waals surface area contributed by atoms with Gasteiger partial charge >= 0.3 is 0 Å². The van der Waals surface area contributed by atoms with Crippen LogP contribution >= 0.6 is 15.9 Å². The van der Waals surface area contributed by atoms with Crippen LogP contribution in [0, 0.1) is 0 Å². The first-order valence-electron chi connectivity index (χ1n) is 6.07. The van der Waals surface area contributed by atoms with Gasteiger partial charge in [0.25, 0.3) is 0 Å². The molecule has 2 unspecified atom stereocenters. The molecule has 0 aromatic heterocycles. The van der Waals surface area contributed by atoms with Crippen molar-refractivity contribution in [3.05, 3.63) is 34.3 Å². The summed E-state index contributed by atoms with van der Waals surface area (Å²) in [5, 5.41) is 0. The zero-order chi connectivity index (χ0) is 12.3. The second kappa shape index (κ2) is 5.96. The predicted octanol–water partition coefficient (Wildman–Crippen LogP) is 2.17. The molecule has 0 aliphatic carbocycles. The predicted molar refractivity (Wildman–Crippen MR) is 72.9 cm³/mol. The first-order chi connectivity index (χ1) is 8.26. The van der Waals surface area contributed by atoms with Crippen LogP contribution in [0.25, 0.3) is 0 Å². The van der Waals surface area contributed by atoms with E-state index in [9.17, 15) is 0 Å². The Morgan fingerprint density at radius 1 is 1.53 bits per heavy atom. The minimum atomic E-state index is 0.0954. The molecule has 1 aromatic carbocycles. The van der Waals surface area contributed by atoms with Gasteiger partial charge in [-0.15, -0.1) is 0 Å². The maximum atomic E-state index is 5.82. The van der Waals surface area contributed by atoms with Gasteiger partial charge in [-0.1, -0.05) is 35.0 Å². The molecule has 4 heteroatoms.